The predicted molar refractivity (Wildman–Crippen MR) is 108 cm³/mol. The van der Waals surface area contributed by atoms with Gasteiger partial charge in [0.25, 0.3) is 5.91 Å². The largest absolute Gasteiger partial charge is 0.352 e. The minimum absolute atomic E-state index is 0.0150. The molecule has 3 rings (SSSR count). The van der Waals surface area contributed by atoms with Crippen LogP contribution >= 0.6 is 0 Å². The van der Waals surface area contributed by atoms with E-state index in [2.05, 4.69) is 16.2 Å². The molecule has 0 radical (unpaired) electrons. The molecule has 2 amide bonds. The standard InChI is InChI=1S/C20H24N4O4S/c1-24(2)29(27,28)17-10-6-9-15(13-17)19(25)23-22-18(14-7-4-3-5-8-14)20(26)21-16-11-12-16/h3-10,13,16,18,22H,11-12H2,1-2H3,(H,21,26)(H,23,25)/t18-/m1/s1. The molecule has 1 atom stereocenters. The SMILES string of the molecule is CN(C)S(=O)(=O)c1cccc(C(=O)NN[C@@H](C(=O)NC2CC2)c2ccccc2)c1. The second-order valence-electron chi connectivity index (χ2n) is 7.04. The Morgan fingerprint density at radius 1 is 1.03 bits per heavy atom. The molecule has 8 nitrogen and oxygen atoms in total. The first-order valence-electron chi connectivity index (χ1n) is 9.23. The van der Waals surface area contributed by atoms with E-state index in [0.717, 1.165) is 17.1 Å². The highest BCUT2D eigenvalue weighted by Gasteiger charge is 2.28. The van der Waals surface area contributed by atoms with Crippen LogP contribution in [0.25, 0.3) is 0 Å². The van der Waals surface area contributed by atoms with Gasteiger partial charge >= 0.3 is 0 Å². The Bertz CT molecular complexity index is 989. The lowest BCUT2D eigenvalue weighted by molar-refractivity contribution is -0.123. The number of hydrogen-bond donors (Lipinski definition) is 3. The van der Waals surface area contributed by atoms with Gasteiger partial charge in [-0.25, -0.2) is 18.1 Å². The topological polar surface area (TPSA) is 108 Å². The van der Waals surface area contributed by atoms with Crippen LogP contribution in [0.15, 0.2) is 59.5 Å². The average Bonchev–Trinajstić information content (AvgIpc) is 3.52. The van der Waals surface area contributed by atoms with Gasteiger partial charge in [-0.1, -0.05) is 36.4 Å². The van der Waals surface area contributed by atoms with Gasteiger partial charge in [-0.15, -0.1) is 0 Å². The van der Waals surface area contributed by atoms with Crippen molar-refractivity contribution in [3.8, 4) is 0 Å². The van der Waals surface area contributed by atoms with E-state index in [1.807, 2.05) is 18.2 Å². The second kappa shape index (κ2) is 8.73. The normalized spacial score (nSPS) is 15.0. The van der Waals surface area contributed by atoms with Crippen molar-refractivity contribution in [2.45, 2.75) is 29.8 Å². The summed E-state index contributed by atoms with van der Waals surface area (Å²) in [4.78, 5) is 25.2. The summed E-state index contributed by atoms with van der Waals surface area (Å²) in [6.45, 7) is 0. The molecule has 3 N–H and O–H groups in total. The van der Waals surface area contributed by atoms with E-state index in [0.29, 0.717) is 5.56 Å². The Balaban J connectivity index is 1.74. The van der Waals surface area contributed by atoms with E-state index in [-0.39, 0.29) is 22.4 Å². The Morgan fingerprint density at radius 3 is 2.34 bits per heavy atom. The van der Waals surface area contributed by atoms with Crippen LogP contribution in [0.4, 0.5) is 0 Å². The number of nitrogens with zero attached hydrogens (tertiary/aromatic N) is 1. The molecule has 0 saturated heterocycles. The Hall–Kier alpha value is -2.75. The van der Waals surface area contributed by atoms with Crippen LogP contribution in [0.3, 0.4) is 0 Å². The van der Waals surface area contributed by atoms with Crippen LogP contribution in [0.1, 0.15) is 34.8 Å². The summed E-state index contributed by atoms with van der Waals surface area (Å²) >= 11 is 0. The maximum atomic E-state index is 12.6. The summed E-state index contributed by atoms with van der Waals surface area (Å²) < 4.78 is 25.6. The van der Waals surface area contributed by atoms with E-state index < -0.39 is 22.0 Å². The Morgan fingerprint density at radius 2 is 1.72 bits per heavy atom. The van der Waals surface area contributed by atoms with Gasteiger partial charge in [0.05, 0.1) is 4.90 Å². The summed E-state index contributed by atoms with van der Waals surface area (Å²) in [7, 11) is -0.812. The van der Waals surface area contributed by atoms with Gasteiger partial charge < -0.3 is 5.32 Å². The minimum atomic E-state index is -3.66. The Kier molecular flexibility index (Phi) is 6.31. The quantitative estimate of drug-likeness (QED) is 0.561. The minimum Gasteiger partial charge on any atom is -0.352 e. The zero-order valence-corrected chi connectivity index (χ0v) is 17.1. The van der Waals surface area contributed by atoms with Crippen molar-refractivity contribution in [1.29, 1.82) is 0 Å². The molecule has 0 aromatic heterocycles. The van der Waals surface area contributed by atoms with E-state index in [4.69, 9.17) is 0 Å². The van der Waals surface area contributed by atoms with Gasteiger partial charge in [-0.3, -0.25) is 15.0 Å². The molecule has 2 aromatic rings. The summed E-state index contributed by atoms with van der Waals surface area (Å²) in [6.07, 6.45) is 1.90. The fourth-order valence-electron chi connectivity index (χ4n) is 2.68. The highest BCUT2D eigenvalue weighted by Crippen LogP contribution is 2.21. The smallest absolute Gasteiger partial charge is 0.265 e. The zero-order chi connectivity index (χ0) is 21.0. The highest BCUT2D eigenvalue weighted by atomic mass is 32.2. The average molecular weight is 417 g/mol. The van der Waals surface area contributed by atoms with Crippen molar-refractivity contribution in [3.05, 3.63) is 65.7 Å². The van der Waals surface area contributed by atoms with Gasteiger partial charge in [-0.05, 0) is 36.6 Å². The zero-order valence-electron chi connectivity index (χ0n) is 16.3. The van der Waals surface area contributed by atoms with Crippen LogP contribution in [0, 0.1) is 0 Å². The van der Waals surface area contributed by atoms with Crippen molar-refractivity contribution in [2.75, 3.05) is 14.1 Å². The molecule has 1 aliphatic carbocycles. The van der Waals surface area contributed by atoms with Gasteiger partial charge in [0.15, 0.2) is 0 Å². The maximum Gasteiger partial charge on any atom is 0.265 e. The van der Waals surface area contributed by atoms with Crippen LogP contribution in [0.5, 0.6) is 0 Å². The van der Waals surface area contributed by atoms with Crippen molar-refractivity contribution >= 4 is 21.8 Å². The molecule has 0 bridgehead atoms. The number of rotatable bonds is 8. The molecule has 0 unspecified atom stereocenters. The molecule has 1 saturated carbocycles. The van der Waals surface area contributed by atoms with Crippen molar-refractivity contribution in [3.63, 3.8) is 0 Å². The number of amides is 2. The van der Waals surface area contributed by atoms with Crippen LogP contribution < -0.4 is 16.2 Å². The lowest BCUT2D eigenvalue weighted by Gasteiger charge is -2.19. The van der Waals surface area contributed by atoms with Crippen molar-refractivity contribution in [2.24, 2.45) is 0 Å². The number of hydrazine groups is 1. The molecular formula is C20H24N4O4S. The number of nitrogens with one attached hydrogen (secondary N) is 3. The maximum absolute atomic E-state index is 12.6. The van der Waals surface area contributed by atoms with Crippen LogP contribution in [-0.2, 0) is 14.8 Å². The first-order chi connectivity index (χ1) is 13.8. The van der Waals surface area contributed by atoms with E-state index in [1.165, 1.54) is 38.4 Å². The first-order valence-corrected chi connectivity index (χ1v) is 10.7. The second-order valence-corrected chi connectivity index (χ2v) is 9.19. The molecule has 1 aliphatic rings. The monoisotopic (exact) mass is 416 g/mol. The molecule has 0 heterocycles. The van der Waals surface area contributed by atoms with E-state index in [1.54, 1.807) is 12.1 Å². The third-order valence-electron chi connectivity index (χ3n) is 4.52. The molecule has 2 aromatic carbocycles. The fourth-order valence-corrected chi connectivity index (χ4v) is 3.62. The molecule has 1 fully saturated rings. The molecule has 9 heteroatoms. The number of carbonyl (C=O) groups excluding carboxylic acids is 2. The number of carbonyl (C=O) groups is 2. The molecular weight excluding hydrogens is 392 g/mol. The molecule has 0 spiro atoms. The van der Waals surface area contributed by atoms with Crippen molar-refractivity contribution < 1.29 is 18.0 Å². The number of hydrogen-bond acceptors (Lipinski definition) is 5. The lowest BCUT2D eigenvalue weighted by Crippen LogP contribution is -2.46. The summed E-state index contributed by atoms with van der Waals surface area (Å²) in [5.74, 6) is -0.774. The molecule has 154 valence electrons. The molecule has 0 aliphatic heterocycles. The summed E-state index contributed by atoms with van der Waals surface area (Å²) in [6, 6.07) is 14.2. The van der Waals surface area contributed by atoms with Crippen LogP contribution in [-0.4, -0.2) is 44.7 Å². The third kappa shape index (κ3) is 5.20. The fraction of sp³-hybridized carbons (Fsp3) is 0.300. The van der Waals surface area contributed by atoms with Gasteiger partial charge in [0, 0.05) is 25.7 Å². The summed E-state index contributed by atoms with van der Waals surface area (Å²) in [5.41, 5.74) is 6.16. The number of sulfonamides is 1. The van der Waals surface area contributed by atoms with Gasteiger partial charge in [0.1, 0.15) is 6.04 Å². The third-order valence-corrected chi connectivity index (χ3v) is 6.33. The Labute approximate surface area is 170 Å². The molecule has 29 heavy (non-hydrogen) atoms. The predicted octanol–water partition coefficient (Wildman–Crippen LogP) is 1.19. The van der Waals surface area contributed by atoms with Crippen LogP contribution in [0.2, 0.25) is 0 Å². The van der Waals surface area contributed by atoms with Gasteiger partial charge in [0.2, 0.25) is 15.9 Å². The highest BCUT2D eigenvalue weighted by molar-refractivity contribution is 7.89. The van der Waals surface area contributed by atoms with E-state index in [9.17, 15) is 18.0 Å². The van der Waals surface area contributed by atoms with Crippen molar-refractivity contribution in [1.82, 2.24) is 20.5 Å². The first kappa shape index (κ1) is 21.0. The lowest BCUT2D eigenvalue weighted by atomic mass is 10.1. The summed E-state index contributed by atoms with van der Waals surface area (Å²) in [5, 5.41) is 2.92. The number of benzene rings is 2. The van der Waals surface area contributed by atoms with E-state index >= 15 is 0 Å². The van der Waals surface area contributed by atoms with Gasteiger partial charge in [-0.2, -0.15) is 0 Å².